The number of aryl methyl sites for hydroxylation is 3. The van der Waals surface area contributed by atoms with Crippen molar-refractivity contribution < 1.29 is 14.3 Å². The van der Waals surface area contributed by atoms with Crippen molar-refractivity contribution in [2.24, 2.45) is 0 Å². The second-order valence-electron chi connectivity index (χ2n) is 7.16. The normalized spacial score (nSPS) is 15.6. The Hall–Kier alpha value is -2.82. The van der Waals surface area contributed by atoms with Gasteiger partial charge in [-0.2, -0.15) is 0 Å². The zero-order valence-corrected chi connectivity index (χ0v) is 16.3. The summed E-state index contributed by atoms with van der Waals surface area (Å²) in [5, 5.41) is 2.79. The lowest BCUT2D eigenvalue weighted by Gasteiger charge is -2.20. The molecule has 1 atom stereocenters. The zero-order valence-electron chi connectivity index (χ0n) is 16.3. The van der Waals surface area contributed by atoms with Gasteiger partial charge in [0.05, 0.1) is 12.3 Å². The predicted molar refractivity (Wildman–Crippen MR) is 106 cm³/mol. The molecule has 2 aromatic rings. The van der Waals surface area contributed by atoms with Crippen LogP contribution in [0.1, 0.15) is 41.6 Å². The molecule has 0 aliphatic carbocycles. The summed E-state index contributed by atoms with van der Waals surface area (Å²) in [6.45, 7) is 8.55. The molecule has 0 bridgehead atoms. The molecule has 27 heavy (non-hydrogen) atoms. The molecule has 2 aromatic carbocycles. The van der Waals surface area contributed by atoms with Crippen LogP contribution in [0.3, 0.4) is 0 Å². The molecular weight excluding hydrogens is 340 g/mol. The van der Waals surface area contributed by atoms with Gasteiger partial charge in [-0.15, -0.1) is 0 Å². The van der Waals surface area contributed by atoms with Crippen LogP contribution in [0, 0.1) is 20.8 Å². The van der Waals surface area contributed by atoms with Gasteiger partial charge in [0.2, 0.25) is 5.91 Å². The molecule has 0 fully saturated rings. The molecule has 5 nitrogen and oxygen atoms in total. The number of fused-ring (bicyclic) bond motifs is 1. The molecule has 142 valence electrons. The Bertz CT molecular complexity index is 876. The van der Waals surface area contributed by atoms with Crippen molar-refractivity contribution >= 4 is 17.5 Å². The Morgan fingerprint density at radius 1 is 1.15 bits per heavy atom. The Labute approximate surface area is 160 Å². The van der Waals surface area contributed by atoms with Gasteiger partial charge in [-0.05, 0) is 50.5 Å². The lowest BCUT2D eigenvalue weighted by Crippen LogP contribution is -2.37. The molecule has 0 unspecified atom stereocenters. The fraction of sp³-hybridized carbons (Fsp3) is 0.364. The number of benzene rings is 2. The Kier molecular flexibility index (Phi) is 5.49. The van der Waals surface area contributed by atoms with Crippen molar-refractivity contribution in [2.75, 3.05) is 18.1 Å². The van der Waals surface area contributed by atoms with E-state index in [4.69, 9.17) is 4.74 Å². The maximum absolute atomic E-state index is 12.9. The lowest BCUT2D eigenvalue weighted by atomic mass is 10.0. The summed E-state index contributed by atoms with van der Waals surface area (Å²) in [4.78, 5) is 26.3. The Morgan fingerprint density at radius 3 is 2.63 bits per heavy atom. The van der Waals surface area contributed by atoms with Gasteiger partial charge in [0.15, 0.2) is 0 Å². The number of hydrogen-bond donors (Lipinski definition) is 1. The van der Waals surface area contributed by atoms with E-state index in [0.717, 1.165) is 33.7 Å². The highest BCUT2D eigenvalue weighted by Crippen LogP contribution is 2.39. The molecule has 2 amide bonds. The molecule has 1 heterocycles. The van der Waals surface area contributed by atoms with E-state index in [0.29, 0.717) is 19.6 Å². The summed E-state index contributed by atoms with van der Waals surface area (Å²) in [6.07, 6.45) is 0.708. The van der Waals surface area contributed by atoms with Crippen LogP contribution in [0.5, 0.6) is 5.75 Å². The zero-order chi connectivity index (χ0) is 19.6. The van der Waals surface area contributed by atoms with Crippen LogP contribution in [0.15, 0.2) is 36.4 Å². The molecule has 5 heteroatoms. The number of ether oxygens (including phenoxy) is 1. The van der Waals surface area contributed by atoms with E-state index >= 15 is 0 Å². The highest BCUT2D eigenvalue weighted by atomic mass is 16.5. The maximum Gasteiger partial charge on any atom is 0.254 e. The van der Waals surface area contributed by atoms with Crippen molar-refractivity contribution in [1.82, 2.24) is 5.32 Å². The van der Waals surface area contributed by atoms with Crippen LogP contribution in [0.25, 0.3) is 0 Å². The van der Waals surface area contributed by atoms with Crippen LogP contribution < -0.4 is 15.0 Å². The van der Waals surface area contributed by atoms with E-state index in [-0.39, 0.29) is 11.8 Å². The first kappa shape index (κ1) is 19.0. The van der Waals surface area contributed by atoms with Crippen molar-refractivity contribution in [3.05, 3.63) is 58.7 Å². The minimum absolute atomic E-state index is 0.0792. The van der Waals surface area contributed by atoms with Gasteiger partial charge < -0.3 is 15.0 Å². The van der Waals surface area contributed by atoms with Gasteiger partial charge in [-0.25, -0.2) is 0 Å². The molecule has 1 aliphatic rings. The molecular formula is C22H26N2O3. The van der Waals surface area contributed by atoms with Gasteiger partial charge in [-0.3, -0.25) is 9.59 Å². The first-order chi connectivity index (χ1) is 12.9. The Morgan fingerprint density at radius 2 is 1.93 bits per heavy atom. The van der Waals surface area contributed by atoms with Crippen LogP contribution in [0.2, 0.25) is 0 Å². The third-order valence-corrected chi connectivity index (χ3v) is 4.70. The molecule has 0 saturated heterocycles. The summed E-state index contributed by atoms with van der Waals surface area (Å²) in [7, 11) is 0. The first-order valence-electron chi connectivity index (χ1n) is 9.26. The fourth-order valence-corrected chi connectivity index (χ4v) is 3.66. The first-order valence-corrected chi connectivity index (χ1v) is 9.26. The Balaban J connectivity index is 1.72. The number of anilines is 1. The van der Waals surface area contributed by atoms with Crippen LogP contribution in [-0.4, -0.2) is 25.0 Å². The average Bonchev–Trinajstić information content (AvgIpc) is 2.84. The van der Waals surface area contributed by atoms with E-state index in [2.05, 4.69) is 11.4 Å². The van der Waals surface area contributed by atoms with Crippen molar-refractivity contribution in [1.29, 1.82) is 0 Å². The molecule has 0 radical (unpaired) electrons. The maximum atomic E-state index is 12.9. The standard InChI is InChI=1S/C22H26N2O3/c1-14-7-5-8-18(12-14)27-10-6-9-24-21-16(3)11-15(2)13-19(21)20(22(24)26)23-17(4)25/h5,7-8,11-13,20H,6,9-10H2,1-4H3,(H,23,25)/t20-/m1/s1. The van der Waals surface area contributed by atoms with E-state index in [1.54, 1.807) is 4.90 Å². The van der Waals surface area contributed by atoms with Gasteiger partial charge in [0.25, 0.3) is 5.91 Å². The summed E-state index contributed by atoms with van der Waals surface area (Å²) >= 11 is 0. The summed E-state index contributed by atoms with van der Waals surface area (Å²) in [5.74, 6) is 0.554. The van der Waals surface area contributed by atoms with Gasteiger partial charge >= 0.3 is 0 Å². The number of carbonyl (C=O) groups excluding carboxylic acids is 2. The van der Waals surface area contributed by atoms with Crippen molar-refractivity contribution in [2.45, 2.75) is 40.2 Å². The highest BCUT2D eigenvalue weighted by Gasteiger charge is 2.38. The molecule has 0 saturated carbocycles. The number of rotatable bonds is 6. The van der Waals surface area contributed by atoms with Crippen molar-refractivity contribution in [3.63, 3.8) is 0 Å². The van der Waals surface area contributed by atoms with E-state index in [9.17, 15) is 9.59 Å². The largest absolute Gasteiger partial charge is 0.494 e. The third kappa shape index (κ3) is 4.13. The van der Waals surface area contributed by atoms with Gasteiger partial charge in [-0.1, -0.05) is 29.8 Å². The van der Waals surface area contributed by atoms with Crippen LogP contribution in [0.4, 0.5) is 5.69 Å². The monoisotopic (exact) mass is 366 g/mol. The molecule has 1 N–H and O–H groups in total. The SMILES string of the molecule is CC(=O)N[C@H]1C(=O)N(CCCOc2cccc(C)c2)c2c(C)cc(C)cc21. The van der Waals surface area contributed by atoms with Crippen molar-refractivity contribution in [3.8, 4) is 5.75 Å². The number of nitrogens with zero attached hydrogens (tertiary/aromatic N) is 1. The van der Waals surface area contributed by atoms with E-state index < -0.39 is 6.04 Å². The minimum atomic E-state index is -0.603. The average molecular weight is 366 g/mol. The van der Waals surface area contributed by atoms with E-state index in [1.165, 1.54) is 6.92 Å². The molecule has 3 rings (SSSR count). The summed E-state index contributed by atoms with van der Waals surface area (Å²) in [6, 6.07) is 11.4. The smallest absolute Gasteiger partial charge is 0.254 e. The second-order valence-corrected chi connectivity index (χ2v) is 7.16. The topological polar surface area (TPSA) is 58.6 Å². The molecule has 0 aromatic heterocycles. The van der Waals surface area contributed by atoms with Crippen LogP contribution >= 0.6 is 0 Å². The third-order valence-electron chi connectivity index (χ3n) is 4.70. The number of amides is 2. The summed E-state index contributed by atoms with van der Waals surface area (Å²) < 4.78 is 5.80. The van der Waals surface area contributed by atoms with Crippen LogP contribution in [-0.2, 0) is 9.59 Å². The number of carbonyl (C=O) groups is 2. The van der Waals surface area contributed by atoms with E-state index in [1.807, 2.05) is 51.1 Å². The predicted octanol–water partition coefficient (Wildman–Crippen LogP) is 3.60. The number of nitrogens with one attached hydrogen (secondary N) is 1. The molecule has 1 aliphatic heterocycles. The lowest BCUT2D eigenvalue weighted by molar-refractivity contribution is -0.126. The number of hydrogen-bond acceptors (Lipinski definition) is 3. The molecule has 0 spiro atoms. The minimum Gasteiger partial charge on any atom is -0.494 e. The fourth-order valence-electron chi connectivity index (χ4n) is 3.66. The second kappa shape index (κ2) is 7.82. The van der Waals surface area contributed by atoms with Gasteiger partial charge in [0, 0.05) is 19.0 Å². The van der Waals surface area contributed by atoms with Gasteiger partial charge in [0.1, 0.15) is 11.8 Å². The summed E-state index contributed by atoms with van der Waals surface area (Å²) in [5.41, 5.74) is 5.08. The quantitative estimate of drug-likeness (QED) is 0.795. The highest BCUT2D eigenvalue weighted by molar-refractivity contribution is 6.06.